The van der Waals surface area contributed by atoms with E-state index in [0.717, 1.165) is 27.8 Å². The minimum Gasteiger partial charge on any atom is -0.494 e. The number of halogens is 3. The third kappa shape index (κ3) is 4.66. The molecule has 1 unspecified atom stereocenters. The molecule has 1 aliphatic carbocycles. The van der Waals surface area contributed by atoms with Gasteiger partial charge in [0.25, 0.3) is 5.91 Å². The lowest BCUT2D eigenvalue weighted by molar-refractivity contribution is -0.136. The molecule has 34 heavy (non-hydrogen) atoms. The molecule has 0 fully saturated rings. The molecule has 1 aliphatic heterocycles. The molecule has 1 heterocycles. The molecule has 1 atom stereocenters. The molecule has 8 heteroatoms. The number of aryl methyl sites for hydroxylation is 2. The number of fused-ring (bicyclic) bond motifs is 2. The molecule has 1 amide bonds. The number of carbonyl (C=O) groups excluding carboxylic acids is 1. The van der Waals surface area contributed by atoms with Crippen molar-refractivity contribution in [1.82, 2.24) is 5.32 Å². The normalized spacial score (nSPS) is 19.7. The molecule has 2 aromatic carbocycles. The average Bonchev–Trinajstić information content (AvgIpc) is 3.13. The van der Waals surface area contributed by atoms with Crippen LogP contribution in [-0.4, -0.2) is 23.8 Å². The van der Waals surface area contributed by atoms with E-state index >= 15 is 0 Å². The predicted molar refractivity (Wildman–Crippen MR) is 120 cm³/mol. The van der Waals surface area contributed by atoms with Crippen LogP contribution in [0.3, 0.4) is 0 Å². The molecule has 4 rings (SSSR count). The number of benzene rings is 2. The number of aliphatic hydroxyl groups is 1. The molecular weight excluding hydrogens is 445 g/mol. The summed E-state index contributed by atoms with van der Waals surface area (Å²) >= 11 is 0. The molecule has 0 bridgehead atoms. The van der Waals surface area contributed by atoms with Gasteiger partial charge in [-0.05, 0) is 77.8 Å². The molecule has 0 saturated heterocycles. The van der Waals surface area contributed by atoms with E-state index in [1.54, 1.807) is 6.07 Å². The number of hydrogen-bond acceptors (Lipinski definition) is 4. The summed E-state index contributed by atoms with van der Waals surface area (Å²) in [5.41, 5.74) is 4.31. The number of amides is 1. The Bertz CT molecular complexity index is 1200. The number of aliphatic hydroxyl groups excluding tert-OH is 1. The quantitative estimate of drug-likeness (QED) is 0.592. The number of carbonyl (C=O) groups is 1. The standard InChI is InChI=1S/C26H25F3N2O3/c1-16-3-4-17(11-19(16)15-32)21-13-25(31-24(33)22(21)14-30)9-7-18-12-20(5-6-23(18)25)34-10-2-8-26(27,28)29/h3-6,11-12,32H,2,7-10,13,15H2,1H3,(H,31,33). The molecule has 2 aromatic rings. The van der Waals surface area contributed by atoms with Crippen LogP contribution in [0.25, 0.3) is 5.57 Å². The van der Waals surface area contributed by atoms with Gasteiger partial charge in [0.05, 0.1) is 18.8 Å². The summed E-state index contributed by atoms with van der Waals surface area (Å²) in [6.45, 7) is 1.72. The number of ether oxygens (including phenoxy) is 1. The Morgan fingerprint density at radius 3 is 2.74 bits per heavy atom. The van der Waals surface area contributed by atoms with E-state index < -0.39 is 24.0 Å². The van der Waals surface area contributed by atoms with Gasteiger partial charge < -0.3 is 15.2 Å². The molecular formula is C26H25F3N2O3. The van der Waals surface area contributed by atoms with Crippen molar-refractivity contribution in [1.29, 1.82) is 5.26 Å². The Hall–Kier alpha value is -3.31. The van der Waals surface area contributed by atoms with Crippen molar-refractivity contribution in [3.05, 3.63) is 69.8 Å². The maximum absolute atomic E-state index is 13.0. The first-order chi connectivity index (χ1) is 16.2. The average molecular weight is 470 g/mol. The maximum Gasteiger partial charge on any atom is 0.389 e. The van der Waals surface area contributed by atoms with Gasteiger partial charge in [-0.15, -0.1) is 0 Å². The summed E-state index contributed by atoms with van der Waals surface area (Å²) in [5.74, 6) is 0.0647. The second kappa shape index (κ2) is 9.15. The van der Waals surface area contributed by atoms with Crippen LogP contribution in [0.4, 0.5) is 13.2 Å². The second-order valence-electron chi connectivity index (χ2n) is 8.86. The molecule has 0 aromatic heterocycles. The Morgan fingerprint density at radius 2 is 2.03 bits per heavy atom. The van der Waals surface area contributed by atoms with E-state index in [2.05, 4.69) is 5.32 Å². The van der Waals surface area contributed by atoms with Gasteiger partial charge in [-0.3, -0.25) is 4.79 Å². The van der Waals surface area contributed by atoms with Crippen molar-refractivity contribution in [2.24, 2.45) is 0 Å². The highest BCUT2D eigenvalue weighted by Gasteiger charge is 2.45. The third-order valence-electron chi connectivity index (χ3n) is 6.63. The molecule has 178 valence electrons. The number of hydrogen-bond donors (Lipinski definition) is 2. The predicted octanol–water partition coefficient (Wildman–Crippen LogP) is 4.85. The van der Waals surface area contributed by atoms with Crippen molar-refractivity contribution in [2.45, 2.75) is 57.3 Å². The van der Waals surface area contributed by atoms with Gasteiger partial charge in [0.2, 0.25) is 0 Å². The molecule has 0 saturated carbocycles. The van der Waals surface area contributed by atoms with Gasteiger partial charge >= 0.3 is 6.18 Å². The third-order valence-corrected chi connectivity index (χ3v) is 6.63. The smallest absolute Gasteiger partial charge is 0.389 e. The van der Waals surface area contributed by atoms with Gasteiger partial charge in [-0.1, -0.05) is 18.2 Å². The minimum absolute atomic E-state index is 0.0286. The van der Waals surface area contributed by atoms with E-state index in [-0.39, 0.29) is 25.2 Å². The van der Waals surface area contributed by atoms with E-state index in [9.17, 15) is 28.3 Å². The number of nitrogens with zero attached hydrogens (tertiary/aromatic N) is 1. The zero-order valence-corrected chi connectivity index (χ0v) is 18.8. The lowest BCUT2D eigenvalue weighted by Gasteiger charge is -2.37. The first kappa shape index (κ1) is 23.8. The van der Waals surface area contributed by atoms with Crippen LogP contribution in [0.1, 0.15) is 53.5 Å². The van der Waals surface area contributed by atoms with Crippen LogP contribution in [0.5, 0.6) is 5.75 Å². The van der Waals surface area contributed by atoms with Gasteiger partial charge in [-0.2, -0.15) is 18.4 Å². The van der Waals surface area contributed by atoms with E-state index in [1.807, 2.05) is 43.3 Å². The zero-order valence-electron chi connectivity index (χ0n) is 18.8. The molecule has 1 spiro atoms. The molecule has 2 aliphatic rings. The maximum atomic E-state index is 13.0. The van der Waals surface area contributed by atoms with Crippen LogP contribution < -0.4 is 10.1 Å². The van der Waals surface area contributed by atoms with Crippen LogP contribution in [0.2, 0.25) is 0 Å². The Balaban J connectivity index is 1.60. The SMILES string of the molecule is Cc1ccc(C2=C(C#N)C(=O)NC3(CCc4cc(OCCCC(F)(F)F)ccc43)C2)cc1CO. The summed E-state index contributed by atoms with van der Waals surface area (Å²) in [6, 6.07) is 13.0. The van der Waals surface area contributed by atoms with Crippen LogP contribution in [-0.2, 0) is 23.4 Å². The number of nitriles is 1. The highest BCUT2D eigenvalue weighted by molar-refractivity contribution is 6.07. The highest BCUT2D eigenvalue weighted by atomic mass is 19.4. The first-order valence-electron chi connectivity index (χ1n) is 11.2. The van der Waals surface area contributed by atoms with Crippen molar-refractivity contribution in [3.63, 3.8) is 0 Å². The summed E-state index contributed by atoms with van der Waals surface area (Å²) in [7, 11) is 0. The molecule has 2 N–H and O–H groups in total. The Kier molecular flexibility index (Phi) is 6.41. The molecule has 0 radical (unpaired) electrons. The van der Waals surface area contributed by atoms with Gasteiger partial charge in [-0.25, -0.2) is 0 Å². The second-order valence-corrected chi connectivity index (χ2v) is 8.86. The summed E-state index contributed by atoms with van der Waals surface area (Å²) < 4.78 is 42.5. The van der Waals surface area contributed by atoms with E-state index in [4.69, 9.17) is 4.74 Å². The highest BCUT2D eigenvalue weighted by Crippen LogP contribution is 2.47. The molecule has 5 nitrogen and oxygen atoms in total. The summed E-state index contributed by atoms with van der Waals surface area (Å²) in [6.07, 6.45) is -3.48. The first-order valence-corrected chi connectivity index (χ1v) is 11.2. The largest absolute Gasteiger partial charge is 0.494 e. The van der Waals surface area contributed by atoms with Gasteiger partial charge in [0.15, 0.2) is 0 Å². The zero-order chi connectivity index (χ0) is 24.5. The lowest BCUT2D eigenvalue weighted by Crippen LogP contribution is -2.48. The van der Waals surface area contributed by atoms with E-state index in [0.29, 0.717) is 30.6 Å². The topological polar surface area (TPSA) is 82.4 Å². The fourth-order valence-electron chi connectivity index (χ4n) is 4.84. The van der Waals surface area contributed by atoms with Gasteiger partial charge in [0, 0.05) is 12.8 Å². The van der Waals surface area contributed by atoms with Crippen molar-refractivity contribution >= 4 is 11.5 Å². The Labute approximate surface area is 195 Å². The van der Waals surface area contributed by atoms with Crippen LogP contribution in [0.15, 0.2) is 42.0 Å². The van der Waals surface area contributed by atoms with E-state index in [1.165, 1.54) is 0 Å². The lowest BCUT2D eigenvalue weighted by atomic mass is 9.78. The minimum atomic E-state index is -4.20. The number of rotatable bonds is 6. The van der Waals surface area contributed by atoms with Crippen molar-refractivity contribution < 1.29 is 27.8 Å². The Morgan fingerprint density at radius 1 is 1.24 bits per heavy atom. The fraction of sp³-hybridized carbons (Fsp3) is 0.385. The number of nitrogens with one attached hydrogen (secondary N) is 1. The van der Waals surface area contributed by atoms with Crippen molar-refractivity contribution in [3.8, 4) is 11.8 Å². The van der Waals surface area contributed by atoms with Crippen LogP contribution >= 0.6 is 0 Å². The monoisotopic (exact) mass is 470 g/mol. The summed E-state index contributed by atoms with van der Waals surface area (Å²) in [5, 5.41) is 22.4. The van der Waals surface area contributed by atoms with Crippen molar-refractivity contribution in [2.75, 3.05) is 6.61 Å². The van der Waals surface area contributed by atoms with Crippen LogP contribution in [0, 0.1) is 18.3 Å². The fourth-order valence-corrected chi connectivity index (χ4v) is 4.84. The van der Waals surface area contributed by atoms with Gasteiger partial charge in [0.1, 0.15) is 17.4 Å². The number of alkyl halides is 3. The summed E-state index contributed by atoms with van der Waals surface area (Å²) in [4.78, 5) is 13.0.